The number of esters is 1. The average Bonchev–Trinajstić information content (AvgIpc) is 3.21. The minimum absolute atomic E-state index is 0.253. The Kier molecular flexibility index (Phi) is 13.2. The highest BCUT2D eigenvalue weighted by molar-refractivity contribution is 6.35. The lowest BCUT2D eigenvalue weighted by atomic mass is 10.0. The van der Waals surface area contributed by atoms with E-state index in [2.05, 4.69) is 44.5 Å². The Morgan fingerprint density at radius 1 is 0.870 bits per heavy atom. The predicted molar refractivity (Wildman–Crippen MR) is 214 cm³/mol. The van der Waals surface area contributed by atoms with Gasteiger partial charge in [-0.25, -0.2) is 9.97 Å². The van der Waals surface area contributed by atoms with Gasteiger partial charge in [-0.15, -0.1) is 0 Å². The van der Waals surface area contributed by atoms with Crippen LogP contribution in [-0.4, -0.2) is 86.0 Å². The Morgan fingerprint density at radius 3 is 2.24 bits per heavy atom. The van der Waals surface area contributed by atoms with Crippen LogP contribution >= 0.6 is 23.2 Å². The number of amides is 1. The normalized spacial score (nSPS) is 14.8. The van der Waals surface area contributed by atoms with Crippen molar-refractivity contribution in [3.8, 4) is 11.4 Å². The average molecular weight is 773 g/mol. The van der Waals surface area contributed by atoms with Crippen LogP contribution in [0.3, 0.4) is 0 Å². The van der Waals surface area contributed by atoms with E-state index in [1.165, 1.54) is 6.92 Å². The van der Waals surface area contributed by atoms with Crippen LogP contribution in [0.4, 0.5) is 28.6 Å². The van der Waals surface area contributed by atoms with E-state index in [1.807, 2.05) is 36.5 Å². The number of carbonyl (C=O) groups excluding carboxylic acids is 2. The maximum atomic E-state index is 11.7. The summed E-state index contributed by atoms with van der Waals surface area (Å²) in [5, 5.41) is 8.33. The summed E-state index contributed by atoms with van der Waals surface area (Å²) in [4.78, 5) is 42.1. The quantitative estimate of drug-likeness (QED) is 0.114. The van der Waals surface area contributed by atoms with Crippen molar-refractivity contribution >= 4 is 74.5 Å². The topological polar surface area (TPSA) is 131 Å². The molecule has 0 saturated carbocycles. The number of anilines is 5. The second kappa shape index (κ2) is 18.4. The van der Waals surface area contributed by atoms with Gasteiger partial charge in [-0.1, -0.05) is 53.5 Å². The molecule has 3 aromatic heterocycles. The molecule has 1 amide bonds. The van der Waals surface area contributed by atoms with Crippen LogP contribution in [0.1, 0.15) is 19.4 Å². The largest absolute Gasteiger partial charge is 0.465 e. The standard InChI is InChI=1S/C28H29ClN6O2.C12H14ClNO3/c1-19-25(21-5-4-6-22(29)27(21)33-26(19)23-7-2-3-8-30-23)32-24-17-20(34-9-13-36-14-10-34)18-31-28(24)35-11-15-37-16-12-35;1-3-17-12(16)8(2)11(15)14-10-7-5-4-6-9(10)13/h2-8,17-18H,9-16H2,1H3,(H,32,33);4-8H,3H2,1-2H3,(H,14,15). The summed E-state index contributed by atoms with van der Waals surface area (Å²) in [6.45, 7) is 11.6. The fourth-order valence-corrected chi connectivity index (χ4v) is 6.53. The smallest absolute Gasteiger partial charge is 0.318 e. The number of benzene rings is 2. The highest BCUT2D eigenvalue weighted by Gasteiger charge is 2.24. The fourth-order valence-electron chi connectivity index (χ4n) is 6.13. The number of ether oxygens (including phenoxy) is 3. The predicted octanol–water partition coefficient (Wildman–Crippen LogP) is 7.55. The second-order valence-corrected chi connectivity index (χ2v) is 13.5. The van der Waals surface area contributed by atoms with Crippen LogP contribution in [0.15, 0.2) is 79.1 Å². The SMILES string of the molecule is CCOC(=O)C(C)C(=O)Nc1ccccc1Cl.Cc1c(-c2ccccn2)nc2c(Cl)cccc2c1Nc1cc(N2CCOCC2)cnc1N1CCOCC1. The molecule has 2 aliphatic rings. The first-order chi connectivity index (χ1) is 26.2. The Morgan fingerprint density at radius 2 is 1.56 bits per heavy atom. The minimum Gasteiger partial charge on any atom is -0.465 e. The molecule has 1 unspecified atom stereocenters. The number of nitrogens with one attached hydrogen (secondary N) is 2. The van der Waals surface area contributed by atoms with Gasteiger partial charge in [-0.3, -0.25) is 14.6 Å². The molecule has 1 atom stereocenters. The zero-order valence-electron chi connectivity index (χ0n) is 30.5. The Balaban J connectivity index is 0.000000247. The van der Waals surface area contributed by atoms with Gasteiger partial charge in [0.2, 0.25) is 5.91 Å². The van der Waals surface area contributed by atoms with Crippen molar-refractivity contribution in [2.75, 3.05) is 79.6 Å². The monoisotopic (exact) mass is 771 g/mol. The molecular weight excluding hydrogens is 729 g/mol. The maximum Gasteiger partial charge on any atom is 0.318 e. The van der Waals surface area contributed by atoms with E-state index in [-0.39, 0.29) is 6.61 Å². The van der Waals surface area contributed by atoms with E-state index in [9.17, 15) is 9.59 Å². The lowest BCUT2D eigenvalue weighted by Gasteiger charge is -2.32. The molecule has 2 N–H and O–H groups in total. The molecule has 2 saturated heterocycles. The first-order valence-corrected chi connectivity index (χ1v) is 18.7. The summed E-state index contributed by atoms with van der Waals surface area (Å²) in [6.07, 6.45) is 3.75. The van der Waals surface area contributed by atoms with Gasteiger partial charge in [0.25, 0.3) is 0 Å². The van der Waals surface area contributed by atoms with Crippen LogP contribution in [0, 0.1) is 12.8 Å². The van der Waals surface area contributed by atoms with Gasteiger partial charge in [-0.05, 0) is 57.2 Å². The lowest BCUT2D eigenvalue weighted by molar-refractivity contribution is -0.150. The second-order valence-electron chi connectivity index (χ2n) is 12.6. The van der Waals surface area contributed by atoms with E-state index in [0.717, 1.165) is 76.9 Å². The number of para-hydroxylation sites is 2. The molecule has 0 bridgehead atoms. The number of aromatic nitrogens is 3. The molecule has 0 radical (unpaired) electrons. The van der Waals surface area contributed by atoms with Gasteiger partial charge in [0.1, 0.15) is 5.92 Å². The van der Waals surface area contributed by atoms with Crippen molar-refractivity contribution in [3.63, 3.8) is 0 Å². The Hall–Kier alpha value is -5.01. The van der Waals surface area contributed by atoms with E-state index in [1.54, 1.807) is 37.4 Å². The molecule has 54 heavy (non-hydrogen) atoms. The van der Waals surface area contributed by atoms with E-state index in [4.69, 9.17) is 47.4 Å². The van der Waals surface area contributed by atoms with Gasteiger partial charge < -0.3 is 34.6 Å². The van der Waals surface area contributed by atoms with Crippen molar-refractivity contribution in [2.45, 2.75) is 20.8 Å². The number of rotatable bonds is 9. The molecule has 2 aliphatic heterocycles. The number of carbonyl (C=O) groups is 2. The first kappa shape index (κ1) is 38.7. The highest BCUT2D eigenvalue weighted by atomic mass is 35.5. The van der Waals surface area contributed by atoms with Crippen LogP contribution in [0.2, 0.25) is 10.0 Å². The van der Waals surface area contributed by atoms with Crippen molar-refractivity contribution in [3.05, 3.63) is 94.7 Å². The number of hydrogen-bond acceptors (Lipinski definition) is 11. The van der Waals surface area contributed by atoms with E-state index >= 15 is 0 Å². The molecule has 7 rings (SSSR count). The summed E-state index contributed by atoms with van der Waals surface area (Å²) >= 11 is 12.5. The molecule has 282 valence electrons. The van der Waals surface area contributed by atoms with Gasteiger partial charge in [0.15, 0.2) is 5.82 Å². The van der Waals surface area contributed by atoms with Crippen LogP contribution < -0.4 is 20.4 Å². The van der Waals surface area contributed by atoms with Crippen molar-refractivity contribution in [2.24, 2.45) is 5.92 Å². The zero-order valence-corrected chi connectivity index (χ0v) is 32.0. The van der Waals surface area contributed by atoms with E-state index < -0.39 is 17.8 Å². The molecule has 0 aliphatic carbocycles. The van der Waals surface area contributed by atoms with Crippen LogP contribution in [-0.2, 0) is 23.8 Å². The minimum atomic E-state index is -0.855. The molecule has 12 nitrogen and oxygen atoms in total. The summed E-state index contributed by atoms with van der Waals surface area (Å²) in [7, 11) is 0. The lowest BCUT2D eigenvalue weighted by Crippen LogP contribution is -2.38. The molecule has 14 heteroatoms. The molecule has 5 heterocycles. The van der Waals surface area contributed by atoms with Gasteiger partial charge in [0, 0.05) is 43.3 Å². The number of halogens is 2. The number of morpholine rings is 2. The van der Waals surface area contributed by atoms with E-state index in [0.29, 0.717) is 42.2 Å². The zero-order chi connectivity index (χ0) is 38.0. The fraction of sp³-hybridized carbons (Fsp3) is 0.325. The molecule has 2 aromatic carbocycles. The summed E-state index contributed by atoms with van der Waals surface area (Å²) in [5.74, 6) is -0.925. The number of pyridine rings is 3. The number of hydrogen-bond donors (Lipinski definition) is 2. The van der Waals surface area contributed by atoms with Gasteiger partial charge in [0.05, 0.1) is 88.9 Å². The third kappa shape index (κ3) is 9.19. The van der Waals surface area contributed by atoms with Crippen molar-refractivity contribution in [1.82, 2.24) is 15.0 Å². The van der Waals surface area contributed by atoms with Crippen LogP contribution in [0.25, 0.3) is 22.3 Å². The molecule has 0 spiro atoms. The van der Waals surface area contributed by atoms with Crippen molar-refractivity contribution in [1.29, 1.82) is 0 Å². The molecule has 2 fully saturated rings. The summed E-state index contributed by atoms with van der Waals surface area (Å²) in [5.41, 5.74) is 6.78. The summed E-state index contributed by atoms with van der Waals surface area (Å²) in [6, 6.07) is 20.8. The molecule has 5 aromatic rings. The molecular formula is C40H43Cl2N7O5. The Bertz CT molecular complexity index is 2080. The van der Waals surface area contributed by atoms with Gasteiger partial charge >= 0.3 is 5.97 Å². The highest BCUT2D eigenvalue weighted by Crippen LogP contribution is 2.39. The third-order valence-electron chi connectivity index (χ3n) is 9.08. The van der Waals surface area contributed by atoms with Gasteiger partial charge in [-0.2, -0.15) is 0 Å². The Labute approximate surface area is 324 Å². The third-order valence-corrected chi connectivity index (χ3v) is 9.72. The first-order valence-electron chi connectivity index (χ1n) is 17.9. The number of fused-ring (bicyclic) bond motifs is 1. The number of nitrogens with zero attached hydrogens (tertiary/aromatic N) is 5. The maximum absolute atomic E-state index is 11.7. The van der Waals surface area contributed by atoms with Crippen LogP contribution in [0.5, 0.6) is 0 Å². The summed E-state index contributed by atoms with van der Waals surface area (Å²) < 4.78 is 15.9. The van der Waals surface area contributed by atoms with Crippen molar-refractivity contribution < 1.29 is 23.8 Å².